The van der Waals surface area contributed by atoms with Crippen LogP contribution in [0.3, 0.4) is 0 Å². The molecule has 0 aromatic carbocycles. The van der Waals surface area contributed by atoms with Gasteiger partial charge in [0.25, 0.3) is 5.91 Å². The van der Waals surface area contributed by atoms with E-state index in [1.165, 1.54) is 19.0 Å². The number of hydrogen-bond acceptors (Lipinski definition) is 8. The van der Waals surface area contributed by atoms with Gasteiger partial charge in [-0.2, -0.15) is 10.2 Å². The molecular weight excluding hydrogens is 568 g/mol. The number of amides is 1. The lowest BCUT2D eigenvalue weighted by atomic mass is 10.1. The lowest BCUT2D eigenvalue weighted by molar-refractivity contribution is 0.0687. The van der Waals surface area contributed by atoms with E-state index in [2.05, 4.69) is 38.9 Å². The number of aromatic carboxylic acids is 1. The average molecular weight is 612 g/mol. The van der Waals surface area contributed by atoms with E-state index < -0.39 is 5.97 Å². The number of carboxylic acids is 1. The predicted molar refractivity (Wildman–Crippen MR) is 161 cm³/mol. The summed E-state index contributed by atoms with van der Waals surface area (Å²) in [6.07, 6.45) is 9.95. The number of unbranched alkanes of at least 4 members (excludes halogenated alkanes) is 1. The van der Waals surface area contributed by atoms with Gasteiger partial charge in [-0.25, -0.2) is 4.79 Å². The summed E-state index contributed by atoms with van der Waals surface area (Å²) in [5, 5.41) is 21.8. The van der Waals surface area contributed by atoms with Gasteiger partial charge in [0.2, 0.25) is 0 Å². The Bertz CT molecular complexity index is 1150. The van der Waals surface area contributed by atoms with Crippen molar-refractivity contribution in [3.05, 3.63) is 33.9 Å². The highest BCUT2D eigenvalue weighted by molar-refractivity contribution is 7.16. The lowest BCUT2D eigenvalue weighted by Gasteiger charge is -2.20. The summed E-state index contributed by atoms with van der Waals surface area (Å²) in [5.41, 5.74) is 2.63. The fourth-order valence-corrected chi connectivity index (χ4v) is 5.11. The summed E-state index contributed by atoms with van der Waals surface area (Å²) in [6.45, 7) is 1.91. The van der Waals surface area contributed by atoms with E-state index in [0.29, 0.717) is 61.3 Å². The molecule has 3 N–H and O–H groups in total. The van der Waals surface area contributed by atoms with Crippen LogP contribution in [-0.2, 0) is 22.3 Å². The van der Waals surface area contributed by atoms with E-state index in [9.17, 15) is 19.2 Å². The molecule has 0 fully saturated rings. The maximum atomic E-state index is 12.5. The van der Waals surface area contributed by atoms with Crippen molar-refractivity contribution in [3.8, 4) is 0 Å². The Balaban J connectivity index is 0.000000242. The Morgan fingerprint density at radius 1 is 0.829 bits per heavy atom. The van der Waals surface area contributed by atoms with Crippen LogP contribution in [0.25, 0.3) is 0 Å². The number of Topliss-reactive ketones (excluding diaryl/α,β-unsaturated/α-hetero) is 2. The highest BCUT2D eigenvalue weighted by Gasteiger charge is 2.27. The molecule has 12 nitrogen and oxygen atoms in total. The molecule has 2 aliphatic rings. The Labute approximate surface area is 245 Å². The van der Waals surface area contributed by atoms with Gasteiger partial charge in [0.1, 0.15) is 22.8 Å². The second kappa shape index (κ2) is 18.8. The number of nitrogens with one attached hydrogen (secondary N) is 2. The number of H-pyrrole nitrogens is 2. The molecule has 41 heavy (non-hydrogen) atoms. The minimum atomic E-state index is -1.05. The van der Waals surface area contributed by atoms with Crippen LogP contribution in [0.5, 0.6) is 0 Å². The molecule has 2 heterocycles. The normalized spacial score (nSPS) is 14.3. The number of carbonyl (C=O) groups excluding carboxylic acids is 3. The molecule has 0 saturated carbocycles. The molecule has 14 heteroatoms. The van der Waals surface area contributed by atoms with Gasteiger partial charge in [-0.1, -0.05) is 0 Å². The maximum Gasteiger partial charge on any atom is 0.354 e. The first kappa shape index (κ1) is 34.7. The van der Waals surface area contributed by atoms with Crippen LogP contribution in [0.2, 0.25) is 0 Å². The Hall–Kier alpha value is -2.52. The number of aromatic amines is 2. The van der Waals surface area contributed by atoms with Crippen molar-refractivity contribution in [3.63, 3.8) is 0 Å². The van der Waals surface area contributed by atoms with Crippen molar-refractivity contribution in [2.75, 3.05) is 46.4 Å². The van der Waals surface area contributed by atoms with Crippen molar-refractivity contribution in [2.24, 2.45) is 0 Å². The van der Waals surface area contributed by atoms with Gasteiger partial charge in [0.15, 0.2) is 11.6 Å². The third-order valence-corrected chi connectivity index (χ3v) is 7.58. The van der Waals surface area contributed by atoms with E-state index in [0.717, 1.165) is 44.3 Å². The SMILES string of the molecule is COCCCCP.COCCN(CP)C(=O)c1[nH]nc2c1CCCCC2=O.O=C1CCCCc2c1n[nH]c2C(=O)O. The van der Waals surface area contributed by atoms with E-state index in [1.54, 1.807) is 19.1 Å². The monoisotopic (exact) mass is 611 g/mol. The zero-order valence-corrected chi connectivity index (χ0v) is 26.3. The highest BCUT2D eigenvalue weighted by Crippen LogP contribution is 2.23. The van der Waals surface area contributed by atoms with Gasteiger partial charge < -0.3 is 19.5 Å². The molecule has 1 amide bonds. The molecule has 4 rings (SSSR count). The molecule has 0 aliphatic heterocycles. The number of hydrogen-bond donors (Lipinski definition) is 3. The van der Waals surface area contributed by atoms with Crippen LogP contribution >= 0.6 is 18.5 Å². The molecule has 0 bridgehead atoms. The quantitative estimate of drug-likeness (QED) is 0.207. The number of methoxy groups -OCH3 is 2. The van der Waals surface area contributed by atoms with Gasteiger partial charge in [-0.3, -0.25) is 24.6 Å². The first-order valence-corrected chi connectivity index (χ1v) is 15.5. The largest absolute Gasteiger partial charge is 0.477 e. The third-order valence-electron chi connectivity index (χ3n) is 6.73. The number of rotatable bonds is 10. The van der Waals surface area contributed by atoms with Crippen LogP contribution < -0.4 is 0 Å². The first-order chi connectivity index (χ1) is 19.8. The number of fused-ring (bicyclic) bond motifs is 2. The molecule has 228 valence electrons. The van der Waals surface area contributed by atoms with E-state index in [4.69, 9.17) is 14.6 Å². The minimum absolute atomic E-state index is 0.0297. The van der Waals surface area contributed by atoms with Crippen molar-refractivity contribution >= 4 is 41.9 Å². The van der Waals surface area contributed by atoms with Crippen molar-refractivity contribution < 1.29 is 33.8 Å². The third kappa shape index (κ3) is 10.4. The number of aromatic nitrogens is 4. The standard InChI is InChI=1S/C13H20N3O3P.C9H10N2O3.C5H13OP/c1-19-7-6-16(8-20)13(18)12-9-4-2-3-5-10(17)11(9)14-15-12;12-6-4-2-1-3-5-7(6)10-11-8(5)9(13)14;1-6-4-2-3-5-7/h2-8,20H2,1H3,(H,14,15);1-4H2,(H,10,11)(H,13,14);2-5,7H2,1H3. The number of nitrogens with zero attached hydrogens (tertiary/aromatic N) is 3. The van der Waals surface area contributed by atoms with Gasteiger partial charge in [-0.15, -0.1) is 18.5 Å². The number of ether oxygens (including phenoxy) is 2. The van der Waals surface area contributed by atoms with Crippen LogP contribution in [0, 0.1) is 0 Å². The van der Waals surface area contributed by atoms with Crippen LogP contribution in [0.15, 0.2) is 0 Å². The smallest absolute Gasteiger partial charge is 0.354 e. The van der Waals surface area contributed by atoms with Crippen LogP contribution in [-0.4, -0.2) is 100 Å². The van der Waals surface area contributed by atoms with Crippen molar-refractivity contribution in [2.45, 2.75) is 64.2 Å². The number of carbonyl (C=O) groups is 4. The maximum absolute atomic E-state index is 12.5. The molecule has 2 aliphatic carbocycles. The fourth-order valence-electron chi connectivity index (χ4n) is 4.47. The zero-order chi connectivity index (χ0) is 30.2. The molecule has 2 aromatic heterocycles. The van der Waals surface area contributed by atoms with Gasteiger partial charge in [0.05, 0.1) is 6.61 Å². The number of carboxylic acid groups (broad SMARTS) is 1. The second-order valence-corrected chi connectivity index (χ2v) is 10.6. The number of ketones is 2. The highest BCUT2D eigenvalue weighted by atomic mass is 31.0. The Kier molecular flexibility index (Phi) is 15.9. The average Bonchev–Trinajstić information content (AvgIpc) is 3.49. The summed E-state index contributed by atoms with van der Waals surface area (Å²) in [4.78, 5) is 48.3. The van der Waals surface area contributed by atoms with Crippen LogP contribution in [0.4, 0.5) is 0 Å². The van der Waals surface area contributed by atoms with Crippen molar-refractivity contribution in [1.29, 1.82) is 0 Å². The summed E-state index contributed by atoms with van der Waals surface area (Å²) in [5.74, 6) is -1.20. The molecule has 0 saturated heterocycles. The first-order valence-electron chi connectivity index (χ1n) is 13.9. The van der Waals surface area contributed by atoms with E-state index in [1.807, 2.05) is 0 Å². The Morgan fingerprint density at radius 2 is 1.34 bits per heavy atom. The minimum Gasteiger partial charge on any atom is -0.477 e. The summed E-state index contributed by atoms with van der Waals surface area (Å²) in [7, 11) is 8.57. The molecule has 0 spiro atoms. The van der Waals surface area contributed by atoms with E-state index >= 15 is 0 Å². The second-order valence-electron chi connectivity index (χ2n) is 9.65. The lowest BCUT2D eigenvalue weighted by Crippen LogP contribution is -2.33. The van der Waals surface area contributed by atoms with Crippen LogP contribution in [0.1, 0.15) is 104 Å². The zero-order valence-electron chi connectivity index (χ0n) is 24.0. The molecule has 2 aromatic rings. The topological polar surface area (TPSA) is 168 Å². The molecular formula is C27H43N5O7P2. The summed E-state index contributed by atoms with van der Waals surface area (Å²) in [6, 6.07) is 0. The molecule has 2 atom stereocenters. The van der Waals surface area contributed by atoms with Gasteiger partial charge in [0, 0.05) is 57.6 Å². The molecule has 2 unspecified atom stereocenters. The summed E-state index contributed by atoms with van der Waals surface area (Å²) < 4.78 is 9.84. The van der Waals surface area contributed by atoms with E-state index in [-0.39, 0.29) is 23.2 Å². The molecule has 0 radical (unpaired) electrons. The van der Waals surface area contributed by atoms with Crippen molar-refractivity contribution in [1.82, 2.24) is 25.3 Å². The fraction of sp³-hybridized carbons (Fsp3) is 0.630. The van der Waals surface area contributed by atoms with Gasteiger partial charge in [-0.05, 0) is 57.5 Å². The summed E-state index contributed by atoms with van der Waals surface area (Å²) >= 11 is 0. The predicted octanol–water partition coefficient (Wildman–Crippen LogP) is 3.55. The Morgan fingerprint density at radius 3 is 1.83 bits per heavy atom. The van der Waals surface area contributed by atoms with Gasteiger partial charge >= 0.3 is 5.97 Å².